The van der Waals surface area contributed by atoms with E-state index in [9.17, 15) is 9.59 Å². The molecule has 0 saturated heterocycles. The highest BCUT2D eigenvalue weighted by Crippen LogP contribution is 2.26. The molecule has 0 aliphatic heterocycles. The molecule has 0 bridgehead atoms. The first-order chi connectivity index (χ1) is 11.8. The Morgan fingerprint density at radius 3 is 2.56 bits per heavy atom. The number of amides is 1. The Bertz CT molecular complexity index is 1030. The third kappa shape index (κ3) is 3.70. The second-order valence-corrected chi connectivity index (χ2v) is 6.93. The molecule has 3 rings (SSSR count). The van der Waals surface area contributed by atoms with Gasteiger partial charge < -0.3 is 10.3 Å². The summed E-state index contributed by atoms with van der Waals surface area (Å²) in [5, 5.41) is 4.48. The number of aromatic nitrogens is 1. The van der Waals surface area contributed by atoms with Gasteiger partial charge in [0.2, 0.25) is 5.56 Å². The van der Waals surface area contributed by atoms with Gasteiger partial charge in [0.05, 0.1) is 16.1 Å². The standard InChI is InChI=1S/C19H16Cl2N2O2/c1-10(2)14-9-18(24)23-17-8-12(4-5-13(14)17)22-19(25)15-7-11(20)3-6-16(15)21/h3-10H,1-2H3,(H,22,25)(H,23,24). The fourth-order valence-electron chi connectivity index (χ4n) is 2.71. The number of rotatable bonds is 3. The molecule has 0 aliphatic carbocycles. The summed E-state index contributed by atoms with van der Waals surface area (Å²) in [6.07, 6.45) is 0. The Labute approximate surface area is 154 Å². The molecular weight excluding hydrogens is 359 g/mol. The molecule has 0 spiro atoms. The van der Waals surface area contributed by atoms with Crippen molar-refractivity contribution in [2.24, 2.45) is 0 Å². The van der Waals surface area contributed by atoms with Crippen molar-refractivity contribution in [1.29, 1.82) is 0 Å². The maximum Gasteiger partial charge on any atom is 0.257 e. The second kappa shape index (κ2) is 6.90. The van der Waals surface area contributed by atoms with E-state index >= 15 is 0 Å². The minimum atomic E-state index is -0.366. The first kappa shape index (κ1) is 17.5. The van der Waals surface area contributed by atoms with Crippen molar-refractivity contribution in [3.8, 4) is 0 Å². The summed E-state index contributed by atoms with van der Waals surface area (Å²) in [5.74, 6) is -0.148. The molecule has 1 heterocycles. The van der Waals surface area contributed by atoms with Crippen LogP contribution in [0, 0.1) is 0 Å². The molecule has 0 aliphatic rings. The average Bonchev–Trinajstić information content (AvgIpc) is 2.55. The Morgan fingerprint density at radius 2 is 1.84 bits per heavy atom. The zero-order chi connectivity index (χ0) is 18.1. The van der Waals surface area contributed by atoms with Gasteiger partial charge in [-0.25, -0.2) is 0 Å². The van der Waals surface area contributed by atoms with Gasteiger partial charge in [0.25, 0.3) is 5.91 Å². The highest BCUT2D eigenvalue weighted by atomic mass is 35.5. The average molecular weight is 375 g/mol. The number of carbonyl (C=O) groups is 1. The number of halogens is 2. The number of pyridine rings is 1. The summed E-state index contributed by atoms with van der Waals surface area (Å²) in [6, 6.07) is 11.7. The molecule has 2 aromatic carbocycles. The maximum absolute atomic E-state index is 12.4. The number of hydrogen-bond donors (Lipinski definition) is 2. The van der Waals surface area contributed by atoms with E-state index in [0.717, 1.165) is 10.9 Å². The lowest BCUT2D eigenvalue weighted by Crippen LogP contribution is -2.13. The van der Waals surface area contributed by atoms with Gasteiger partial charge in [-0.1, -0.05) is 43.1 Å². The van der Waals surface area contributed by atoms with E-state index in [2.05, 4.69) is 10.3 Å². The maximum atomic E-state index is 12.4. The number of benzene rings is 2. The molecule has 0 unspecified atom stereocenters. The summed E-state index contributed by atoms with van der Waals surface area (Å²) in [6.45, 7) is 4.07. The quantitative estimate of drug-likeness (QED) is 0.660. The van der Waals surface area contributed by atoms with Crippen LogP contribution < -0.4 is 10.9 Å². The van der Waals surface area contributed by atoms with Crippen LogP contribution in [-0.4, -0.2) is 10.9 Å². The number of nitrogens with one attached hydrogen (secondary N) is 2. The van der Waals surface area contributed by atoms with Crippen LogP contribution in [0.15, 0.2) is 47.3 Å². The number of fused-ring (bicyclic) bond motifs is 1. The van der Waals surface area contributed by atoms with Crippen LogP contribution in [0.4, 0.5) is 5.69 Å². The molecule has 6 heteroatoms. The summed E-state index contributed by atoms with van der Waals surface area (Å²) in [4.78, 5) is 27.1. The first-order valence-electron chi connectivity index (χ1n) is 7.78. The Kier molecular flexibility index (Phi) is 4.84. The molecule has 0 atom stereocenters. The molecule has 128 valence electrons. The van der Waals surface area contributed by atoms with E-state index in [1.165, 1.54) is 6.07 Å². The lowest BCUT2D eigenvalue weighted by molar-refractivity contribution is 0.102. The number of carbonyl (C=O) groups excluding carboxylic acids is 1. The molecule has 1 aromatic heterocycles. The lowest BCUT2D eigenvalue weighted by Gasteiger charge is -2.12. The molecule has 0 radical (unpaired) electrons. The third-order valence-electron chi connectivity index (χ3n) is 3.93. The minimum Gasteiger partial charge on any atom is -0.322 e. The van der Waals surface area contributed by atoms with E-state index in [4.69, 9.17) is 23.2 Å². The van der Waals surface area contributed by atoms with Crippen LogP contribution in [0.3, 0.4) is 0 Å². The smallest absolute Gasteiger partial charge is 0.257 e. The summed E-state index contributed by atoms with van der Waals surface area (Å²) < 4.78 is 0. The van der Waals surface area contributed by atoms with Gasteiger partial charge in [0.15, 0.2) is 0 Å². The lowest BCUT2D eigenvalue weighted by atomic mass is 9.99. The van der Waals surface area contributed by atoms with E-state index < -0.39 is 0 Å². The summed E-state index contributed by atoms with van der Waals surface area (Å²) in [7, 11) is 0. The van der Waals surface area contributed by atoms with Gasteiger partial charge in [-0.2, -0.15) is 0 Å². The van der Waals surface area contributed by atoms with Gasteiger partial charge >= 0.3 is 0 Å². The topological polar surface area (TPSA) is 62.0 Å². The number of hydrogen-bond acceptors (Lipinski definition) is 2. The van der Waals surface area contributed by atoms with Crippen LogP contribution in [-0.2, 0) is 0 Å². The van der Waals surface area contributed by atoms with Gasteiger partial charge in [0.1, 0.15) is 0 Å². The predicted octanol–water partition coefficient (Wildman–Crippen LogP) is 5.21. The zero-order valence-electron chi connectivity index (χ0n) is 13.7. The molecule has 2 N–H and O–H groups in total. The van der Waals surface area contributed by atoms with Crippen LogP contribution in [0.5, 0.6) is 0 Å². The van der Waals surface area contributed by atoms with E-state index in [-0.39, 0.29) is 17.4 Å². The highest BCUT2D eigenvalue weighted by Gasteiger charge is 2.13. The molecule has 4 nitrogen and oxygen atoms in total. The fraction of sp³-hybridized carbons (Fsp3) is 0.158. The summed E-state index contributed by atoms with van der Waals surface area (Å²) in [5.41, 5.74) is 2.32. The van der Waals surface area contributed by atoms with E-state index in [0.29, 0.717) is 26.8 Å². The van der Waals surface area contributed by atoms with Gasteiger partial charge in [-0.3, -0.25) is 9.59 Å². The van der Waals surface area contributed by atoms with Crippen molar-refractivity contribution in [3.05, 3.63) is 74.0 Å². The summed E-state index contributed by atoms with van der Waals surface area (Å²) >= 11 is 12.0. The number of anilines is 1. The van der Waals surface area contributed by atoms with Crippen molar-refractivity contribution < 1.29 is 4.79 Å². The molecule has 1 amide bonds. The van der Waals surface area contributed by atoms with Crippen LogP contribution in [0.25, 0.3) is 10.9 Å². The Hall–Kier alpha value is -2.30. The SMILES string of the molecule is CC(C)c1cc(=O)[nH]c2cc(NC(=O)c3cc(Cl)ccc3Cl)ccc12. The molecule has 0 fully saturated rings. The van der Waals surface area contributed by atoms with Crippen LogP contribution in [0.2, 0.25) is 10.0 Å². The van der Waals surface area contributed by atoms with E-state index in [1.807, 2.05) is 19.9 Å². The minimum absolute atomic E-state index is 0.169. The van der Waals surface area contributed by atoms with Crippen molar-refractivity contribution in [2.75, 3.05) is 5.32 Å². The monoisotopic (exact) mass is 374 g/mol. The van der Waals surface area contributed by atoms with Crippen molar-refractivity contribution in [3.63, 3.8) is 0 Å². The molecule has 25 heavy (non-hydrogen) atoms. The zero-order valence-corrected chi connectivity index (χ0v) is 15.2. The van der Waals surface area contributed by atoms with Crippen molar-refractivity contribution in [1.82, 2.24) is 4.98 Å². The largest absolute Gasteiger partial charge is 0.322 e. The fourth-order valence-corrected chi connectivity index (χ4v) is 3.09. The normalized spacial score (nSPS) is 11.1. The van der Waals surface area contributed by atoms with Gasteiger partial charge in [-0.15, -0.1) is 0 Å². The number of H-pyrrole nitrogens is 1. The second-order valence-electron chi connectivity index (χ2n) is 6.08. The molecular formula is C19H16Cl2N2O2. The van der Waals surface area contributed by atoms with Crippen LogP contribution in [0.1, 0.15) is 35.7 Å². The molecule has 0 saturated carbocycles. The van der Waals surface area contributed by atoms with Gasteiger partial charge in [0, 0.05) is 22.2 Å². The Morgan fingerprint density at radius 1 is 1.08 bits per heavy atom. The van der Waals surface area contributed by atoms with Crippen molar-refractivity contribution in [2.45, 2.75) is 19.8 Å². The third-order valence-corrected chi connectivity index (χ3v) is 4.49. The van der Waals surface area contributed by atoms with Crippen molar-refractivity contribution >= 4 is 45.7 Å². The van der Waals surface area contributed by atoms with Crippen LogP contribution >= 0.6 is 23.2 Å². The van der Waals surface area contributed by atoms with Gasteiger partial charge in [-0.05, 0) is 41.8 Å². The highest BCUT2D eigenvalue weighted by molar-refractivity contribution is 6.36. The first-order valence-corrected chi connectivity index (χ1v) is 8.54. The molecule has 3 aromatic rings. The van der Waals surface area contributed by atoms with E-state index in [1.54, 1.807) is 30.3 Å². The predicted molar refractivity (Wildman–Crippen MR) is 103 cm³/mol. The number of aromatic amines is 1. The Balaban J connectivity index is 1.98.